The van der Waals surface area contributed by atoms with Gasteiger partial charge in [0.05, 0.1) is 12.9 Å². The van der Waals surface area contributed by atoms with Crippen molar-refractivity contribution in [3.63, 3.8) is 0 Å². The summed E-state index contributed by atoms with van der Waals surface area (Å²) in [6, 6.07) is 1.85. The van der Waals surface area contributed by atoms with E-state index >= 15 is 0 Å². The molecule has 64 valence electrons. The first-order chi connectivity index (χ1) is 5.77. The highest BCUT2D eigenvalue weighted by molar-refractivity contribution is 5.84. The van der Waals surface area contributed by atoms with Gasteiger partial charge in [-0.25, -0.2) is 0 Å². The molecule has 0 atom stereocenters. The standard InChI is InChI=1S/C7H10N4O/c1-10-5-11(4-7(10)12)6-2-3-8-9-6/h2-3H,4-5H2,1H3,(H,8,9). The highest BCUT2D eigenvalue weighted by Crippen LogP contribution is 2.13. The zero-order valence-corrected chi connectivity index (χ0v) is 6.82. The van der Waals surface area contributed by atoms with Gasteiger partial charge < -0.3 is 9.80 Å². The van der Waals surface area contributed by atoms with E-state index in [1.54, 1.807) is 18.1 Å². The van der Waals surface area contributed by atoms with Gasteiger partial charge in [0.2, 0.25) is 5.91 Å². The molecule has 0 saturated carbocycles. The molecule has 1 aliphatic heterocycles. The third-order valence-corrected chi connectivity index (χ3v) is 1.96. The average molecular weight is 166 g/mol. The van der Waals surface area contributed by atoms with E-state index in [4.69, 9.17) is 0 Å². The van der Waals surface area contributed by atoms with Gasteiger partial charge in [-0.2, -0.15) is 5.10 Å². The zero-order chi connectivity index (χ0) is 8.55. The van der Waals surface area contributed by atoms with Gasteiger partial charge >= 0.3 is 0 Å². The topological polar surface area (TPSA) is 52.2 Å². The van der Waals surface area contributed by atoms with Crippen molar-refractivity contribution in [2.45, 2.75) is 0 Å². The summed E-state index contributed by atoms with van der Waals surface area (Å²) in [5.41, 5.74) is 0. The van der Waals surface area contributed by atoms with E-state index in [1.165, 1.54) is 0 Å². The number of anilines is 1. The number of aromatic amines is 1. The van der Waals surface area contributed by atoms with Gasteiger partial charge in [-0.1, -0.05) is 0 Å². The Morgan fingerprint density at radius 3 is 3.00 bits per heavy atom. The second kappa shape index (κ2) is 2.51. The molecule has 0 spiro atoms. The van der Waals surface area contributed by atoms with Crippen LogP contribution in [0.3, 0.4) is 0 Å². The predicted octanol–water partition coefficient (Wildman–Crippen LogP) is -0.354. The number of hydrogen-bond acceptors (Lipinski definition) is 3. The zero-order valence-electron chi connectivity index (χ0n) is 6.82. The van der Waals surface area contributed by atoms with Crippen LogP contribution in [0.2, 0.25) is 0 Å². The molecule has 1 amide bonds. The molecule has 5 nitrogen and oxygen atoms in total. The summed E-state index contributed by atoms with van der Waals surface area (Å²) < 4.78 is 0. The number of hydrogen-bond donors (Lipinski definition) is 1. The average Bonchev–Trinajstić information content (AvgIpc) is 2.61. The third kappa shape index (κ3) is 1.03. The Morgan fingerprint density at radius 1 is 1.67 bits per heavy atom. The van der Waals surface area contributed by atoms with Crippen LogP contribution >= 0.6 is 0 Å². The Hall–Kier alpha value is -1.52. The molecule has 5 heteroatoms. The van der Waals surface area contributed by atoms with E-state index in [0.29, 0.717) is 13.2 Å². The molecular weight excluding hydrogens is 156 g/mol. The van der Waals surface area contributed by atoms with Crippen LogP contribution in [0.25, 0.3) is 0 Å². The van der Waals surface area contributed by atoms with E-state index in [9.17, 15) is 4.79 Å². The molecule has 2 rings (SSSR count). The van der Waals surface area contributed by atoms with Gasteiger partial charge in [-0.3, -0.25) is 9.89 Å². The predicted molar refractivity (Wildman–Crippen MR) is 43.6 cm³/mol. The van der Waals surface area contributed by atoms with E-state index in [-0.39, 0.29) is 5.91 Å². The van der Waals surface area contributed by atoms with Crippen molar-refractivity contribution in [1.29, 1.82) is 0 Å². The molecule has 0 aliphatic carbocycles. The molecule has 1 N–H and O–H groups in total. The van der Waals surface area contributed by atoms with Gasteiger partial charge in [0.25, 0.3) is 0 Å². The molecule has 1 aromatic heterocycles. The van der Waals surface area contributed by atoms with Gasteiger partial charge in [-0.05, 0) is 0 Å². The Labute approximate surface area is 70.0 Å². The van der Waals surface area contributed by atoms with Crippen LogP contribution in [0.15, 0.2) is 12.3 Å². The number of carbonyl (C=O) groups is 1. The molecular formula is C7H10N4O. The largest absolute Gasteiger partial charge is 0.330 e. The number of aromatic nitrogens is 2. The Morgan fingerprint density at radius 2 is 2.50 bits per heavy atom. The Bertz CT molecular complexity index is 282. The summed E-state index contributed by atoms with van der Waals surface area (Å²) >= 11 is 0. The van der Waals surface area contributed by atoms with Crippen LogP contribution in [0.5, 0.6) is 0 Å². The van der Waals surface area contributed by atoms with Crippen molar-refractivity contribution in [2.75, 3.05) is 25.2 Å². The maximum atomic E-state index is 11.1. The highest BCUT2D eigenvalue weighted by atomic mass is 16.2. The first kappa shape index (κ1) is 7.15. The van der Waals surface area contributed by atoms with Crippen molar-refractivity contribution in [3.05, 3.63) is 12.3 Å². The molecule has 1 aromatic rings. The van der Waals surface area contributed by atoms with Crippen LogP contribution < -0.4 is 4.90 Å². The summed E-state index contributed by atoms with van der Waals surface area (Å²) in [7, 11) is 1.79. The summed E-state index contributed by atoms with van der Waals surface area (Å²) in [5.74, 6) is 1.04. The van der Waals surface area contributed by atoms with E-state index in [0.717, 1.165) is 5.82 Å². The minimum atomic E-state index is 0.143. The minimum absolute atomic E-state index is 0.143. The van der Waals surface area contributed by atoms with Crippen LogP contribution in [0, 0.1) is 0 Å². The summed E-state index contributed by atoms with van der Waals surface area (Å²) in [5, 5.41) is 6.64. The minimum Gasteiger partial charge on any atom is -0.330 e. The first-order valence-corrected chi connectivity index (χ1v) is 3.75. The summed E-state index contributed by atoms with van der Waals surface area (Å²) in [6.45, 7) is 1.08. The van der Waals surface area contributed by atoms with Crippen molar-refractivity contribution in [3.8, 4) is 0 Å². The number of likely N-dealkylation sites (N-methyl/N-ethyl adjacent to an activating group) is 1. The van der Waals surface area contributed by atoms with Crippen molar-refractivity contribution >= 4 is 11.7 Å². The lowest BCUT2D eigenvalue weighted by Gasteiger charge is -2.13. The monoisotopic (exact) mass is 166 g/mol. The SMILES string of the molecule is CN1CN(c2ccn[nH]2)CC1=O. The number of carbonyl (C=O) groups excluding carboxylic acids is 1. The fourth-order valence-electron chi connectivity index (χ4n) is 1.25. The summed E-state index contributed by atoms with van der Waals surface area (Å²) in [4.78, 5) is 14.8. The van der Waals surface area contributed by atoms with Crippen molar-refractivity contribution < 1.29 is 4.79 Å². The van der Waals surface area contributed by atoms with Gasteiger partial charge in [-0.15, -0.1) is 0 Å². The van der Waals surface area contributed by atoms with Crippen molar-refractivity contribution in [1.82, 2.24) is 15.1 Å². The normalized spacial score (nSPS) is 17.6. The van der Waals surface area contributed by atoms with Gasteiger partial charge in [0.1, 0.15) is 12.4 Å². The molecule has 1 saturated heterocycles. The lowest BCUT2D eigenvalue weighted by molar-refractivity contribution is -0.125. The van der Waals surface area contributed by atoms with E-state index in [1.807, 2.05) is 11.0 Å². The molecule has 0 aromatic carbocycles. The van der Waals surface area contributed by atoms with Crippen LogP contribution in [0.4, 0.5) is 5.82 Å². The molecule has 0 bridgehead atoms. The molecule has 0 radical (unpaired) electrons. The smallest absolute Gasteiger partial charge is 0.243 e. The van der Waals surface area contributed by atoms with E-state index < -0.39 is 0 Å². The number of amides is 1. The molecule has 1 fully saturated rings. The number of H-pyrrole nitrogens is 1. The molecule has 0 unspecified atom stereocenters. The lowest BCUT2D eigenvalue weighted by Crippen LogP contribution is -2.22. The van der Waals surface area contributed by atoms with Crippen LogP contribution in [-0.4, -0.2) is 41.3 Å². The molecule has 2 heterocycles. The third-order valence-electron chi connectivity index (χ3n) is 1.96. The summed E-state index contributed by atoms with van der Waals surface area (Å²) in [6.07, 6.45) is 1.68. The van der Waals surface area contributed by atoms with Crippen molar-refractivity contribution in [2.24, 2.45) is 0 Å². The lowest BCUT2D eigenvalue weighted by atomic mass is 10.5. The maximum absolute atomic E-state index is 11.1. The number of nitrogens with one attached hydrogen (secondary N) is 1. The Balaban J connectivity index is 2.14. The molecule has 12 heavy (non-hydrogen) atoms. The maximum Gasteiger partial charge on any atom is 0.243 e. The van der Waals surface area contributed by atoms with Gasteiger partial charge in [0.15, 0.2) is 0 Å². The fourth-order valence-corrected chi connectivity index (χ4v) is 1.25. The second-order valence-corrected chi connectivity index (χ2v) is 2.87. The Kier molecular flexibility index (Phi) is 1.49. The number of rotatable bonds is 1. The molecule has 1 aliphatic rings. The second-order valence-electron chi connectivity index (χ2n) is 2.87. The van der Waals surface area contributed by atoms with Crippen LogP contribution in [0.1, 0.15) is 0 Å². The van der Waals surface area contributed by atoms with Crippen LogP contribution in [-0.2, 0) is 4.79 Å². The quantitative estimate of drug-likeness (QED) is 0.620. The highest BCUT2D eigenvalue weighted by Gasteiger charge is 2.24. The fraction of sp³-hybridized carbons (Fsp3) is 0.429. The van der Waals surface area contributed by atoms with Gasteiger partial charge in [0, 0.05) is 13.1 Å². The van der Waals surface area contributed by atoms with E-state index in [2.05, 4.69) is 10.2 Å². The number of nitrogens with zero attached hydrogens (tertiary/aromatic N) is 3. The first-order valence-electron chi connectivity index (χ1n) is 3.75.